The number of nitrogens with one attached hydrogen (secondary N) is 1. The summed E-state index contributed by atoms with van der Waals surface area (Å²) in [6.45, 7) is 5.95. The van der Waals surface area contributed by atoms with E-state index in [1.54, 1.807) is 0 Å². The molecule has 0 atom stereocenters. The Morgan fingerprint density at radius 3 is 2.45 bits per heavy atom. The maximum atomic E-state index is 12.1. The molecule has 4 nitrogen and oxygen atoms in total. The highest BCUT2D eigenvalue weighted by atomic mass is 32.2. The van der Waals surface area contributed by atoms with Crippen LogP contribution in [-0.2, 0) is 9.59 Å². The Morgan fingerprint density at radius 1 is 1.18 bits per heavy atom. The van der Waals surface area contributed by atoms with E-state index in [1.165, 1.54) is 11.8 Å². The molecule has 0 aromatic heterocycles. The van der Waals surface area contributed by atoms with Crippen molar-refractivity contribution >= 4 is 29.3 Å². The molecule has 1 heterocycles. The van der Waals surface area contributed by atoms with Crippen LogP contribution in [0.3, 0.4) is 0 Å². The van der Waals surface area contributed by atoms with Crippen LogP contribution in [0.1, 0.15) is 25.3 Å². The minimum Gasteiger partial charge on any atom is -0.342 e. The molecule has 1 fully saturated rings. The number of benzene rings is 1. The Morgan fingerprint density at radius 2 is 1.82 bits per heavy atom. The Bertz CT molecular complexity index is 508. The van der Waals surface area contributed by atoms with Gasteiger partial charge in [-0.2, -0.15) is 0 Å². The first-order chi connectivity index (χ1) is 10.5. The second-order valence-electron chi connectivity index (χ2n) is 5.97. The molecule has 1 aliphatic rings. The van der Waals surface area contributed by atoms with E-state index < -0.39 is 0 Å². The molecule has 1 aromatic rings. The minimum absolute atomic E-state index is 0.0612. The number of hydrogen-bond donors (Lipinski definition) is 1. The number of carbonyl (C=O) groups excluding carboxylic acids is 2. The number of anilines is 1. The zero-order chi connectivity index (χ0) is 15.9. The first kappa shape index (κ1) is 16.9. The van der Waals surface area contributed by atoms with E-state index in [-0.39, 0.29) is 11.8 Å². The van der Waals surface area contributed by atoms with Crippen LogP contribution in [0.2, 0.25) is 0 Å². The summed E-state index contributed by atoms with van der Waals surface area (Å²) in [6, 6.07) is 7.70. The molecule has 120 valence electrons. The lowest BCUT2D eigenvalue weighted by molar-refractivity contribution is -0.129. The van der Waals surface area contributed by atoms with Crippen molar-refractivity contribution in [3.63, 3.8) is 0 Å². The van der Waals surface area contributed by atoms with Gasteiger partial charge in [0.1, 0.15) is 0 Å². The molecule has 1 saturated heterocycles. The monoisotopic (exact) mass is 320 g/mol. The normalized spacial score (nSPS) is 15.6. The quantitative estimate of drug-likeness (QED) is 0.907. The molecule has 1 N–H and O–H groups in total. The average molecular weight is 320 g/mol. The number of thioether (sulfide) groups is 1. The summed E-state index contributed by atoms with van der Waals surface area (Å²) in [5.41, 5.74) is 1.96. The van der Waals surface area contributed by atoms with Crippen LogP contribution in [0.25, 0.3) is 0 Å². The van der Waals surface area contributed by atoms with E-state index in [0.717, 1.165) is 43.1 Å². The van der Waals surface area contributed by atoms with Crippen molar-refractivity contribution in [2.45, 2.75) is 26.7 Å². The summed E-state index contributed by atoms with van der Waals surface area (Å²) in [7, 11) is 0. The van der Waals surface area contributed by atoms with Crippen LogP contribution in [0, 0.1) is 12.8 Å². The van der Waals surface area contributed by atoms with Gasteiger partial charge in [-0.25, -0.2) is 0 Å². The molecule has 0 bridgehead atoms. The van der Waals surface area contributed by atoms with Crippen molar-refractivity contribution in [1.29, 1.82) is 0 Å². The summed E-state index contributed by atoms with van der Waals surface area (Å²) < 4.78 is 0. The van der Waals surface area contributed by atoms with E-state index in [4.69, 9.17) is 0 Å². The van der Waals surface area contributed by atoms with E-state index in [2.05, 4.69) is 12.2 Å². The molecule has 0 unspecified atom stereocenters. The first-order valence-electron chi connectivity index (χ1n) is 7.76. The summed E-state index contributed by atoms with van der Waals surface area (Å²) in [4.78, 5) is 25.8. The van der Waals surface area contributed by atoms with Crippen molar-refractivity contribution < 1.29 is 9.59 Å². The van der Waals surface area contributed by atoms with E-state index in [0.29, 0.717) is 11.5 Å². The maximum absolute atomic E-state index is 12.1. The molecule has 0 saturated carbocycles. The van der Waals surface area contributed by atoms with E-state index in [9.17, 15) is 9.59 Å². The van der Waals surface area contributed by atoms with Crippen LogP contribution in [0.5, 0.6) is 0 Å². The largest absolute Gasteiger partial charge is 0.342 e. The van der Waals surface area contributed by atoms with Gasteiger partial charge in [0.25, 0.3) is 0 Å². The molecule has 1 aromatic carbocycles. The Labute approximate surface area is 136 Å². The number of likely N-dealkylation sites (tertiary alicyclic amines) is 1. The van der Waals surface area contributed by atoms with Crippen molar-refractivity contribution in [3.8, 4) is 0 Å². The second kappa shape index (κ2) is 8.22. The van der Waals surface area contributed by atoms with Gasteiger partial charge in [-0.05, 0) is 37.8 Å². The Hall–Kier alpha value is -1.49. The molecule has 0 radical (unpaired) electrons. The van der Waals surface area contributed by atoms with Gasteiger partial charge in [0, 0.05) is 18.8 Å². The van der Waals surface area contributed by atoms with E-state index >= 15 is 0 Å². The van der Waals surface area contributed by atoms with Crippen LogP contribution < -0.4 is 5.32 Å². The molecular weight excluding hydrogens is 296 g/mol. The zero-order valence-electron chi connectivity index (χ0n) is 13.3. The topological polar surface area (TPSA) is 49.4 Å². The van der Waals surface area contributed by atoms with Gasteiger partial charge in [-0.1, -0.05) is 24.6 Å². The van der Waals surface area contributed by atoms with Crippen molar-refractivity contribution in [2.75, 3.05) is 29.9 Å². The van der Waals surface area contributed by atoms with Crippen LogP contribution >= 0.6 is 11.8 Å². The second-order valence-corrected chi connectivity index (χ2v) is 6.96. The predicted octanol–water partition coefficient (Wildman–Crippen LogP) is 2.93. The van der Waals surface area contributed by atoms with Crippen LogP contribution in [0.15, 0.2) is 24.3 Å². The Balaban J connectivity index is 1.66. The van der Waals surface area contributed by atoms with Gasteiger partial charge in [-0.15, -0.1) is 11.8 Å². The van der Waals surface area contributed by atoms with Crippen molar-refractivity contribution in [1.82, 2.24) is 4.90 Å². The van der Waals surface area contributed by atoms with Crippen molar-refractivity contribution in [2.24, 2.45) is 5.92 Å². The van der Waals surface area contributed by atoms with Gasteiger partial charge < -0.3 is 10.2 Å². The van der Waals surface area contributed by atoms with Gasteiger partial charge in [0.05, 0.1) is 11.5 Å². The maximum Gasteiger partial charge on any atom is 0.234 e. The number of nitrogens with zero attached hydrogens (tertiary/aromatic N) is 1. The minimum atomic E-state index is -0.0612. The molecule has 1 aliphatic heterocycles. The summed E-state index contributed by atoms with van der Waals surface area (Å²) in [6.07, 6.45) is 2.18. The summed E-state index contributed by atoms with van der Waals surface area (Å²) >= 11 is 1.38. The molecule has 2 rings (SSSR count). The summed E-state index contributed by atoms with van der Waals surface area (Å²) in [5, 5.41) is 2.84. The fraction of sp³-hybridized carbons (Fsp3) is 0.529. The van der Waals surface area contributed by atoms with Crippen LogP contribution in [0.4, 0.5) is 5.69 Å². The number of rotatable bonds is 5. The van der Waals surface area contributed by atoms with Gasteiger partial charge in [-0.3, -0.25) is 9.59 Å². The Kier molecular flexibility index (Phi) is 6.31. The van der Waals surface area contributed by atoms with Gasteiger partial charge in [0.2, 0.25) is 11.8 Å². The lowest BCUT2D eigenvalue weighted by Crippen LogP contribution is -2.39. The number of piperidine rings is 1. The molecule has 2 amide bonds. The predicted molar refractivity (Wildman–Crippen MR) is 92.1 cm³/mol. The summed E-state index contributed by atoms with van der Waals surface area (Å²) in [5.74, 6) is 1.51. The third-order valence-corrected chi connectivity index (χ3v) is 4.85. The lowest BCUT2D eigenvalue weighted by atomic mass is 9.99. The third kappa shape index (κ3) is 5.37. The van der Waals surface area contributed by atoms with Crippen molar-refractivity contribution in [3.05, 3.63) is 29.8 Å². The highest BCUT2D eigenvalue weighted by molar-refractivity contribution is 8.00. The molecule has 22 heavy (non-hydrogen) atoms. The number of carbonyl (C=O) groups is 2. The highest BCUT2D eigenvalue weighted by Gasteiger charge is 2.20. The number of hydrogen-bond acceptors (Lipinski definition) is 3. The van der Waals surface area contributed by atoms with E-state index in [1.807, 2.05) is 36.1 Å². The van der Waals surface area contributed by atoms with Gasteiger partial charge >= 0.3 is 0 Å². The number of amides is 2. The first-order valence-corrected chi connectivity index (χ1v) is 8.92. The van der Waals surface area contributed by atoms with Crippen LogP contribution in [-0.4, -0.2) is 41.3 Å². The standard InChI is InChI=1S/C17H24N2O2S/c1-13-3-5-15(6-4-13)18-16(20)11-22-12-17(21)19-9-7-14(2)8-10-19/h3-6,14H,7-12H2,1-2H3,(H,18,20). The third-order valence-electron chi connectivity index (χ3n) is 3.93. The molecular formula is C17H24N2O2S. The smallest absolute Gasteiger partial charge is 0.234 e. The van der Waals surface area contributed by atoms with Gasteiger partial charge in [0.15, 0.2) is 0 Å². The zero-order valence-corrected chi connectivity index (χ0v) is 14.1. The number of aryl methyl sites for hydroxylation is 1. The SMILES string of the molecule is Cc1ccc(NC(=O)CSCC(=O)N2CCC(C)CC2)cc1. The fourth-order valence-corrected chi connectivity index (χ4v) is 3.13. The lowest BCUT2D eigenvalue weighted by Gasteiger charge is -2.30. The molecule has 5 heteroatoms. The molecule has 0 aliphatic carbocycles. The molecule has 0 spiro atoms. The average Bonchev–Trinajstić information content (AvgIpc) is 2.50. The fourth-order valence-electron chi connectivity index (χ4n) is 2.41. The highest BCUT2D eigenvalue weighted by Crippen LogP contribution is 2.17.